The first-order valence-electron chi connectivity index (χ1n) is 7.04. The molecule has 0 saturated carbocycles. The fourth-order valence-corrected chi connectivity index (χ4v) is 2.47. The Morgan fingerprint density at radius 3 is 2.62 bits per heavy atom. The molecule has 0 heterocycles. The number of hydrogen-bond acceptors (Lipinski definition) is 3. The fourth-order valence-electron chi connectivity index (χ4n) is 2.12. The number of carboxylic acid groups (broad SMARTS) is 1. The molecule has 0 spiro atoms. The summed E-state index contributed by atoms with van der Waals surface area (Å²) >= 11 is 3.49. The Labute approximate surface area is 135 Å². The van der Waals surface area contributed by atoms with E-state index in [1.54, 1.807) is 6.08 Å². The number of benzene rings is 1. The van der Waals surface area contributed by atoms with Crippen LogP contribution >= 0.6 is 15.9 Å². The van der Waals surface area contributed by atoms with Crippen molar-refractivity contribution in [2.75, 3.05) is 38.6 Å². The van der Waals surface area contributed by atoms with Gasteiger partial charge in [0.05, 0.1) is 0 Å². The number of nitrogens with zero attached hydrogens (tertiary/aromatic N) is 2. The summed E-state index contributed by atoms with van der Waals surface area (Å²) in [6, 6.07) is 5.91. The minimum Gasteiger partial charge on any atom is -0.478 e. The predicted octanol–water partition coefficient (Wildman–Crippen LogP) is 3.32. The first kappa shape index (κ1) is 17.7. The predicted molar refractivity (Wildman–Crippen MR) is 91.9 cm³/mol. The zero-order valence-electron chi connectivity index (χ0n) is 12.8. The fraction of sp³-hybridized carbons (Fsp3) is 0.438. The summed E-state index contributed by atoms with van der Waals surface area (Å²) in [5.41, 5.74) is 1.98. The third kappa shape index (κ3) is 6.31. The van der Waals surface area contributed by atoms with Gasteiger partial charge in [-0.05, 0) is 57.8 Å². The van der Waals surface area contributed by atoms with Gasteiger partial charge in [0.2, 0.25) is 0 Å². The topological polar surface area (TPSA) is 43.8 Å². The summed E-state index contributed by atoms with van der Waals surface area (Å²) in [5.74, 6) is -0.931. The highest BCUT2D eigenvalue weighted by atomic mass is 79.9. The summed E-state index contributed by atoms with van der Waals surface area (Å²) in [4.78, 5) is 15.2. The van der Waals surface area contributed by atoms with E-state index in [0.717, 1.165) is 41.8 Å². The van der Waals surface area contributed by atoms with E-state index in [1.807, 2.05) is 18.2 Å². The van der Waals surface area contributed by atoms with Crippen molar-refractivity contribution in [1.29, 1.82) is 0 Å². The van der Waals surface area contributed by atoms with E-state index < -0.39 is 5.97 Å². The molecule has 0 unspecified atom stereocenters. The molecule has 0 aliphatic heterocycles. The molecule has 0 fully saturated rings. The quantitative estimate of drug-likeness (QED) is 0.727. The third-order valence-corrected chi connectivity index (χ3v) is 3.65. The molecule has 0 aliphatic rings. The number of anilines is 1. The number of rotatable bonds is 8. The number of carboxylic acids is 1. The highest BCUT2D eigenvalue weighted by Gasteiger charge is 2.09. The van der Waals surface area contributed by atoms with Gasteiger partial charge in [0.15, 0.2) is 0 Å². The molecule has 5 heteroatoms. The van der Waals surface area contributed by atoms with Gasteiger partial charge in [-0.1, -0.05) is 22.0 Å². The minimum atomic E-state index is -0.931. The Morgan fingerprint density at radius 2 is 2.05 bits per heavy atom. The van der Waals surface area contributed by atoms with Crippen LogP contribution in [0.15, 0.2) is 28.7 Å². The maximum Gasteiger partial charge on any atom is 0.328 e. The molecular weight excluding hydrogens is 332 g/mol. The van der Waals surface area contributed by atoms with Crippen LogP contribution in [0.3, 0.4) is 0 Å². The van der Waals surface area contributed by atoms with Gasteiger partial charge in [0.1, 0.15) is 0 Å². The summed E-state index contributed by atoms with van der Waals surface area (Å²) in [7, 11) is 4.13. The van der Waals surface area contributed by atoms with Crippen LogP contribution in [0, 0.1) is 0 Å². The molecule has 0 atom stereocenters. The van der Waals surface area contributed by atoms with Crippen LogP contribution in [0.2, 0.25) is 0 Å². The van der Waals surface area contributed by atoms with Gasteiger partial charge in [0.25, 0.3) is 0 Å². The van der Waals surface area contributed by atoms with Gasteiger partial charge in [-0.2, -0.15) is 0 Å². The third-order valence-electron chi connectivity index (χ3n) is 3.15. The highest BCUT2D eigenvalue weighted by molar-refractivity contribution is 9.10. The average molecular weight is 355 g/mol. The molecule has 116 valence electrons. The molecule has 0 aliphatic carbocycles. The van der Waals surface area contributed by atoms with Gasteiger partial charge >= 0.3 is 5.97 Å². The van der Waals surface area contributed by atoms with Gasteiger partial charge in [-0.15, -0.1) is 0 Å². The lowest BCUT2D eigenvalue weighted by atomic mass is 10.1. The van der Waals surface area contributed by atoms with Crippen LogP contribution in [-0.4, -0.2) is 49.7 Å². The number of hydrogen-bond donors (Lipinski definition) is 1. The number of carbonyl (C=O) groups is 1. The molecule has 4 nitrogen and oxygen atoms in total. The SMILES string of the molecule is CCN(CCCN(C)C)c1cc(Br)ccc1/C=C/C(=O)O. The Balaban J connectivity index is 2.95. The van der Waals surface area contributed by atoms with Crippen molar-refractivity contribution in [2.45, 2.75) is 13.3 Å². The molecule has 1 aromatic carbocycles. The average Bonchev–Trinajstić information content (AvgIpc) is 2.42. The van der Waals surface area contributed by atoms with Gasteiger partial charge in [-0.3, -0.25) is 0 Å². The van der Waals surface area contributed by atoms with Crippen LogP contribution in [0.25, 0.3) is 6.08 Å². The Kier molecular flexibility index (Phi) is 7.47. The lowest BCUT2D eigenvalue weighted by molar-refractivity contribution is -0.131. The first-order valence-corrected chi connectivity index (χ1v) is 7.83. The van der Waals surface area contributed by atoms with Crippen molar-refractivity contribution in [2.24, 2.45) is 0 Å². The molecule has 1 rings (SSSR count). The van der Waals surface area contributed by atoms with Gasteiger partial charge in [-0.25, -0.2) is 4.79 Å². The van der Waals surface area contributed by atoms with Crippen LogP contribution in [0.4, 0.5) is 5.69 Å². The maximum atomic E-state index is 10.7. The molecule has 0 radical (unpaired) electrons. The van der Waals surface area contributed by atoms with Crippen molar-refractivity contribution >= 4 is 33.7 Å². The molecule has 1 N–H and O–H groups in total. The Bertz CT molecular complexity index is 501. The van der Waals surface area contributed by atoms with Gasteiger partial charge < -0.3 is 14.9 Å². The van der Waals surface area contributed by atoms with Crippen LogP contribution in [0.5, 0.6) is 0 Å². The lowest BCUT2D eigenvalue weighted by Crippen LogP contribution is -2.27. The summed E-state index contributed by atoms with van der Waals surface area (Å²) in [5, 5.41) is 8.80. The Morgan fingerprint density at radius 1 is 1.33 bits per heavy atom. The van der Waals surface area contributed by atoms with E-state index in [-0.39, 0.29) is 0 Å². The van der Waals surface area contributed by atoms with E-state index in [9.17, 15) is 4.79 Å². The standard InChI is InChI=1S/C16H23BrN2O2/c1-4-19(11-5-10-18(2)3)15-12-14(17)8-6-13(15)7-9-16(20)21/h6-9,12H,4-5,10-11H2,1-3H3,(H,20,21)/b9-7+. The summed E-state index contributed by atoms with van der Waals surface area (Å²) < 4.78 is 0.996. The summed E-state index contributed by atoms with van der Waals surface area (Å²) in [6.45, 7) is 4.98. The second-order valence-corrected chi connectivity index (χ2v) is 6.03. The van der Waals surface area contributed by atoms with Crippen molar-refractivity contribution in [3.8, 4) is 0 Å². The van der Waals surface area contributed by atoms with Crippen molar-refractivity contribution in [3.63, 3.8) is 0 Å². The maximum absolute atomic E-state index is 10.7. The summed E-state index contributed by atoms with van der Waals surface area (Å²) in [6.07, 6.45) is 3.90. The van der Waals surface area contributed by atoms with E-state index in [0.29, 0.717) is 0 Å². The zero-order valence-corrected chi connectivity index (χ0v) is 14.4. The normalized spacial score (nSPS) is 11.3. The highest BCUT2D eigenvalue weighted by Crippen LogP contribution is 2.26. The molecule has 0 aromatic heterocycles. The molecular formula is C16H23BrN2O2. The lowest BCUT2D eigenvalue weighted by Gasteiger charge is -2.26. The van der Waals surface area contributed by atoms with Crippen LogP contribution in [-0.2, 0) is 4.79 Å². The van der Waals surface area contributed by atoms with Crippen LogP contribution < -0.4 is 4.90 Å². The monoisotopic (exact) mass is 354 g/mol. The molecule has 1 aromatic rings. The van der Waals surface area contributed by atoms with Crippen molar-refractivity contribution in [3.05, 3.63) is 34.3 Å². The number of halogens is 1. The Hall–Kier alpha value is -1.33. The largest absolute Gasteiger partial charge is 0.478 e. The molecule has 0 saturated heterocycles. The number of aliphatic carboxylic acids is 1. The van der Waals surface area contributed by atoms with Gasteiger partial charge in [0, 0.05) is 29.3 Å². The second kappa shape index (κ2) is 8.85. The molecule has 21 heavy (non-hydrogen) atoms. The molecule has 0 bridgehead atoms. The molecule has 0 amide bonds. The van der Waals surface area contributed by atoms with Crippen molar-refractivity contribution in [1.82, 2.24) is 4.90 Å². The van der Waals surface area contributed by atoms with E-state index in [1.165, 1.54) is 6.08 Å². The van der Waals surface area contributed by atoms with Crippen LogP contribution in [0.1, 0.15) is 18.9 Å². The van der Waals surface area contributed by atoms with E-state index in [2.05, 4.69) is 46.7 Å². The van der Waals surface area contributed by atoms with E-state index >= 15 is 0 Å². The second-order valence-electron chi connectivity index (χ2n) is 5.11. The van der Waals surface area contributed by atoms with E-state index in [4.69, 9.17) is 5.11 Å². The minimum absolute atomic E-state index is 0.887. The smallest absolute Gasteiger partial charge is 0.328 e. The first-order chi connectivity index (χ1) is 9.93. The van der Waals surface area contributed by atoms with Crippen molar-refractivity contribution < 1.29 is 9.90 Å². The zero-order chi connectivity index (χ0) is 15.8.